The molecule has 0 unspecified atom stereocenters. The van der Waals surface area contributed by atoms with Crippen molar-refractivity contribution < 1.29 is 19.0 Å². The Kier molecular flexibility index (Phi) is 2.24. The van der Waals surface area contributed by atoms with Crippen molar-refractivity contribution in [1.29, 1.82) is 0 Å². The minimum atomic E-state index is -0.368. The number of nitrogens with zero attached hydrogens (tertiary/aromatic N) is 1. The second-order valence-corrected chi connectivity index (χ2v) is 3.83. The second kappa shape index (κ2) is 3.76. The van der Waals surface area contributed by atoms with Gasteiger partial charge in [-0.1, -0.05) is 0 Å². The van der Waals surface area contributed by atoms with Crippen LogP contribution in [0.2, 0.25) is 0 Å². The normalized spacial score (nSPS) is 21.4. The summed E-state index contributed by atoms with van der Waals surface area (Å²) < 4.78 is 15.7. The first-order valence-electron chi connectivity index (χ1n) is 5.36. The molecule has 0 N–H and O–H groups in total. The van der Waals surface area contributed by atoms with Crippen LogP contribution in [-0.4, -0.2) is 32.5 Å². The van der Waals surface area contributed by atoms with Gasteiger partial charge >= 0.3 is 5.97 Å². The first-order chi connectivity index (χ1) is 8.29. The average Bonchev–Trinajstić information content (AvgIpc) is 2.78. The van der Waals surface area contributed by atoms with Crippen LogP contribution in [0.5, 0.6) is 0 Å². The van der Waals surface area contributed by atoms with Gasteiger partial charge in [0.25, 0.3) is 0 Å². The number of rotatable bonds is 1. The topological polar surface area (TPSA) is 57.1 Å². The molecule has 0 aromatic heterocycles. The molecule has 5 nitrogen and oxygen atoms in total. The maximum atomic E-state index is 11.5. The standard InChI is InChI=1S/C12H11NO4/c1-15-12(14)8-6-13-9-5-11-10(4-7(8)9)16-2-3-17-11/h5-6H,2-4H2,1H3. The summed E-state index contributed by atoms with van der Waals surface area (Å²) in [5, 5.41) is 0. The smallest absolute Gasteiger partial charge is 0.339 e. The molecule has 0 radical (unpaired) electrons. The molecular weight excluding hydrogens is 222 g/mol. The second-order valence-electron chi connectivity index (χ2n) is 3.83. The molecule has 5 heteroatoms. The third-order valence-corrected chi connectivity index (χ3v) is 2.87. The number of carbonyl (C=O) groups is 1. The van der Waals surface area contributed by atoms with Crippen LogP contribution in [0.4, 0.5) is 0 Å². The lowest BCUT2D eigenvalue weighted by Crippen LogP contribution is -2.17. The number of carbonyl (C=O) groups excluding carboxylic acids is 1. The number of allylic oxidation sites excluding steroid dienone is 3. The molecule has 2 aliphatic heterocycles. The quantitative estimate of drug-likeness (QED) is 0.636. The Hall–Kier alpha value is -2.04. The summed E-state index contributed by atoms with van der Waals surface area (Å²) in [5.41, 5.74) is 2.11. The van der Waals surface area contributed by atoms with Gasteiger partial charge in [0, 0.05) is 24.3 Å². The van der Waals surface area contributed by atoms with Crippen LogP contribution in [0.25, 0.3) is 0 Å². The highest BCUT2D eigenvalue weighted by atomic mass is 16.6. The highest BCUT2D eigenvalue weighted by Gasteiger charge is 2.30. The molecule has 0 aromatic carbocycles. The minimum absolute atomic E-state index is 0.368. The van der Waals surface area contributed by atoms with E-state index < -0.39 is 0 Å². The molecule has 0 saturated heterocycles. The van der Waals surface area contributed by atoms with Crippen LogP contribution in [0, 0.1) is 0 Å². The number of hydrogen-bond acceptors (Lipinski definition) is 5. The molecule has 0 saturated carbocycles. The van der Waals surface area contributed by atoms with Gasteiger partial charge in [-0.25, -0.2) is 4.79 Å². The van der Waals surface area contributed by atoms with Crippen molar-refractivity contribution in [1.82, 2.24) is 0 Å². The lowest BCUT2D eigenvalue weighted by Gasteiger charge is -2.24. The fraction of sp³-hybridized carbons (Fsp3) is 0.333. The van der Waals surface area contributed by atoms with E-state index in [1.807, 2.05) is 0 Å². The fourth-order valence-electron chi connectivity index (χ4n) is 2.04. The van der Waals surface area contributed by atoms with E-state index >= 15 is 0 Å². The van der Waals surface area contributed by atoms with Gasteiger partial charge in [-0.2, -0.15) is 0 Å². The number of esters is 1. The first-order valence-corrected chi connectivity index (χ1v) is 5.36. The molecule has 3 aliphatic rings. The van der Waals surface area contributed by atoms with Gasteiger partial charge in [0.15, 0.2) is 5.76 Å². The molecule has 0 spiro atoms. The van der Waals surface area contributed by atoms with Crippen molar-refractivity contribution in [3.8, 4) is 0 Å². The van der Waals surface area contributed by atoms with Gasteiger partial charge in [-0.3, -0.25) is 4.99 Å². The highest BCUT2D eigenvalue weighted by Crippen LogP contribution is 2.36. The van der Waals surface area contributed by atoms with E-state index in [-0.39, 0.29) is 5.97 Å². The molecule has 0 amide bonds. The van der Waals surface area contributed by atoms with Crippen LogP contribution < -0.4 is 0 Å². The largest absolute Gasteiger partial charge is 0.490 e. The van der Waals surface area contributed by atoms with Gasteiger partial charge in [-0.15, -0.1) is 0 Å². The Morgan fingerprint density at radius 3 is 3.06 bits per heavy atom. The van der Waals surface area contributed by atoms with Crippen LogP contribution in [-0.2, 0) is 19.0 Å². The summed E-state index contributed by atoms with van der Waals surface area (Å²) in [6.45, 7) is 1.10. The summed E-state index contributed by atoms with van der Waals surface area (Å²) in [5.74, 6) is 1.12. The summed E-state index contributed by atoms with van der Waals surface area (Å²) >= 11 is 0. The van der Waals surface area contributed by atoms with Gasteiger partial charge in [0.05, 0.1) is 18.4 Å². The van der Waals surface area contributed by atoms with E-state index in [4.69, 9.17) is 14.2 Å². The average molecular weight is 233 g/mol. The molecule has 88 valence electrons. The third kappa shape index (κ3) is 1.54. The summed E-state index contributed by atoms with van der Waals surface area (Å²) in [7, 11) is 1.36. The molecule has 0 aromatic rings. The SMILES string of the molecule is COC(=O)C1=C2CC3=C(C=C2N=C1)OCCO3. The van der Waals surface area contributed by atoms with Crippen molar-refractivity contribution in [2.45, 2.75) is 6.42 Å². The van der Waals surface area contributed by atoms with Crippen molar-refractivity contribution in [3.63, 3.8) is 0 Å². The Morgan fingerprint density at radius 1 is 1.41 bits per heavy atom. The maximum Gasteiger partial charge on any atom is 0.339 e. The van der Waals surface area contributed by atoms with Gasteiger partial charge in [0.1, 0.15) is 19.0 Å². The Morgan fingerprint density at radius 2 is 2.24 bits per heavy atom. The monoisotopic (exact) mass is 233 g/mol. The van der Waals surface area contributed by atoms with Crippen molar-refractivity contribution in [2.75, 3.05) is 20.3 Å². The molecule has 0 fully saturated rings. The summed E-state index contributed by atoms with van der Waals surface area (Å²) in [6.07, 6.45) is 3.87. The third-order valence-electron chi connectivity index (χ3n) is 2.87. The van der Waals surface area contributed by atoms with Gasteiger partial charge < -0.3 is 14.2 Å². The minimum Gasteiger partial charge on any atom is -0.490 e. The Balaban J connectivity index is 2.00. The van der Waals surface area contributed by atoms with Crippen LogP contribution in [0.1, 0.15) is 6.42 Å². The number of aliphatic imine (C=N–C) groups is 1. The van der Waals surface area contributed by atoms with E-state index in [1.54, 1.807) is 6.08 Å². The van der Waals surface area contributed by atoms with Crippen molar-refractivity contribution >= 4 is 12.2 Å². The van der Waals surface area contributed by atoms with Crippen molar-refractivity contribution in [3.05, 3.63) is 34.4 Å². The van der Waals surface area contributed by atoms with Crippen LogP contribution in [0.15, 0.2) is 39.4 Å². The highest BCUT2D eigenvalue weighted by molar-refractivity contribution is 6.13. The van der Waals surface area contributed by atoms with Crippen LogP contribution in [0.3, 0.4) is 0 Å². The number of ether oxygens (including phenoxy) is 3. The zero-order chi connectivity index (χ0) is 11.8. The predicted molar refractivity (Wildman–Crippen MR) is 59.2 cm³/mol. The zero-order valence-corrected chi connectivity index (χ0v) is 9.36. The summed E-state index contributed by atoms with van der Waals surface area (Å²) in [4.78, 5) is 15.7. The lowest BCUT2D eigenvalue weighted by molar-refractivity contribution is -0.135. The van der Waals surface area contributed by atoms with E-state index in [9.17, 15) is 4.79 Å². The van der Waals surface area contributed by atoms with Crippen molar-refractivity contribution in [2.24, 2.45) is 4.99 Å². The van der Waals surface area contributed by atoms with E-state index in [0.717, 1.165) is 22.8 Å². The Bertz CT molecular complexity index is 511. The lowest BCUT2D eigenvalue weighted by atomic mass is 9.98. The Labute approximate surface area is 98.1 Å². The fourth-order valence-corrected chi connectivity index (χ4v) is 2.04. The van der Waals surface area contributed by atoms with E-state index in [0.29, 0.717) is 25.2 Å². The van der Waals surface area contributed by atoms with Gasteiger partial charge in [-0.05, 0) is 0 Å². The number of fused-ring (bicyclic) bond motifs is 1. The maximum absolute atomic E-state index is 11.5. The molecule has 2 heterocycles. The van der Waals surface area contributed by atoms with Crippen LogP contribution >= 0.6 is 0 Å². The predicted octanol–water partition coefficient (Wildman–Crippen LogP) is 1.09. The molecule has 0 atom stereocenters. The molecule has 0 bridgehead atoms. The first kappa shape index (κ1) is 10.1. The zero-order valence-electron chi connectivity index (χ0n) is 9.36. The van der Waals surface area contributed by atoms with E-state index in [2.05, 4.69) is 4.99 Å². The molecule has 3 rings (SSSR count). The molecule has 17 heavy (non-hydrogen) atoms. The molecular formula is C12H11NO4. The van der Waals surface area contributed by atoms with E-state index in [1.165, 1.54) is 13.3 Å². The number of hydrogen-bond donors (Lipinski definition) is 0. The van der Waals surface area contributed by atoms with Gasteiger partial charge in [0.2, 0.25) is 0 Å². The number of methoxy groups -OCH3 is 1. The molecule has 1 aliphatic carbocycles. The summed E-state index contributed by atoms with van der Waals surface area (Å²) in [6, 6.07) is 0.